The van der Waals surface area contributed by atoms with Crippen LogP contribution in [-0.2, 0) is 4.74 Å². The molecule has 1 atom stereocenters. The fourth-order valence-corrected chi connectivity index (χ4v) is 3.72. The maximum atomic E-state index is 13.6. The molecule has 0 spiro atoms. The highest BCUT2D eigenvalue weighted by atomic mass is 19.1. The highest BCUT2D eigenvalue weighted by molar-refractivity contribution is 5.74. The molecule has 0 amide bonds. The van der Waals surface area contributed by atoms with Gasteiger partial charge in [0.1, 0.15) is 18.1 Å². The number of hydrogen-bond acceptors (Lipinski definition) is 4. The van der Waals surface area contributed by atoms with E-state index in [0.717, 1.165) is 11.8 Å². The Morgan fingerprint density at radius 3 is 2.02 bits per heavy atom. The van der Waals surface area contributed by atoms with Crippen molar-refractivity contribution in [2.24, 2.45) is 0 Å². The monoisotopic (exact) mass is 566 g/mol. The molecule has 0 aliphatic rings. The molecule has 0 saturated carbocycles. The SMILES string of the molecule is C=C(/C=C(\CC)C(=CO)OC)c1ccc(C#N)c(F)c1.CC.CCC(C)c1ccc(C)cc1.CCCN(C)CCC. The number of methoxy groups -OCH3 is 1. The van der Waals surface area contributed by atoms with Gasteiger partial charge >= 0.3 is 0 Å². The van der Waals surface area contributed by atoms with Gasteiger partial charge in [-0.25, -0.2) is 4.39 Å². The maximum Gasteiger partial charge on any atom is 0.156 e. The molecule has 1 N–H and O–H groups in total. The van der Waals surface area contributed by atoms with Gasteiger partial charge in [-0.2, -0.15) is 5.26 Å². The lowest BCUT2D eigenvalue weighted by Gasteiger charge is -2.12. The number of hydrogen-bond donors (Lipinski definition) is 1. The third-order valence-electron chi connectivity index (χ3n) is 6.31. The second-order valence-corrected chi connectivity index (χ2v) is 9.58. The van der Waals surface area contributed by atoms with E-state index in [1.165, 1.54) is 62.7 Å². The fraction of sp³-hybridized carbons (Fsp3) is 0.472. The largest absolute Gasteiger partial charge is 0.512 e. The molecule has 0 saturated heterocycles. The van der Waals surface area contributed by atoms with E-state index < -0.39 is 5.82 Å². The van der Waals surface area contributed by atoms with Crippen molar-refractivity contribution in [1.29, 1.82) is 5.26 Å². The first-order valence-corrected chi connectivity index (χ1v) is 14.8. The molecule has 0 aliphatic heterocycles. The molecular formula is C36H55FN2O2. The van der Waals surface area contributed by atoms with Crippen LogP contribution >= 0.6 is 0 Å². The standard InChI is InChI=1S/C16H16FNO2.C11H16.C7H17N.C2H6/c1-4-12(16(10-19)20-3)7-11(2)13-5-6-14(9-18)15(17)8-13;1-4-10(3)11-7-5-9(2)6-8-11;1-4-6-8(3)7-5-2;1-2/h5-8,10,19H,2,4H2,1,3H3;5-8,10H,4H2,1-3H3;4-7H2,1-3H3;1-2H3/b12-7+,16-10?;;;. The summed E-state index contributed by atoms with van der Waals surface area (Å²) in [7, 11) is 3.63. The minimum atomic E-state index is -0.581. The summed E-state index contributed by atoms with van der Waals surface area (Å²) in [6.45, 7) is 23.3. The average molecular weight is 567 g/mol. The van der Waals surface area contributed by atoms with Crippen LogP contribution in [-0.4, -0.2) is 37.3 Å². The molecule has 0 radical (unpaired) electrons. The van der Waals surface area contributed by atoms with Gasteiger partial charge in [-0.05, 0) is 99.1 Å². The van der Waals surface area contributed by atoms with Gasteiger partial charge in [0.15, 0.2) is 5.76 Å². The van der Waals surface area contributed by atoms with Crippen molar-refractivity contribution in [3.05, 3.63) is 101 Å². The Balaban J connectivity index is 0. The van der Waals surface area contributed by atoms with Crippen LogP contribution in [0.2, 0.25) is 0 Å². The van der Waals surface area contributed by atoms with E-state index in [1.807, 2.05) is 20.8 Å². The maximum absolute atomic E-state index is 13.6. The van der Waals surface area contributed by atoms with Gasteiger partial charge < -0.3 is 14.7 Å². The van der Waals surface area contributed by atoms with Crippen molar-refractivity contribution in [3.8, 4) is 6.07 Å². The topological polar surface area (TPSA) is 56.5 Å². The first-order chi connectivity index (χ1) is 19.6. The van der Waals surface area contributed by atoms with Crippen LogP contribution in [0.3, 0.4) is 0 Å². The van der Waals surface area contributed by atoms with Gasteiger partial charge in [0.25, 0.3) is 0 Å². The summed E-state index contributed by atoms with van der Waals surface area (Å²) >= 11 is 0. The number of benzene rings is 2. The zero-order valence-corrected chi connectivity index (χ0v) is 27.4. The predicted octanol–water partition coefficient (Wildman–Crippen LogP) is 10.4. The van der Waals surface area contributed by atoms with Crippen LogP contribution < -0.4 is 0 Å². The quantitative estimate of drug-likeness (QED) is 0.217. The normalized spacial score (nSPS) is 11.5. The van der Waals surface area contributed by atoms with Crippen molar-refractivity contribution < 1.29 is 14.2 Å². The number of aliphatic hydroxyl groups excluding tert-OH is 1. The van der Waals surface area contributed by atoms with Crippen LogP contribution in [0, 0.1) is 24.1 Å². The van der Waals surface area contributed by atoms with E-state index in [1.54, 1.807) is 18.2 Å². The number of allylic oxidation sites excluding steroid dienone is 3. The number of aryl methyl sites for hydroxylation is 1. The lowest BCUT2D eigenvalue weighted by Crippen LogP contribution is -2.19. The first kappa shape index (κ1) is 39.8. The summed E-state index contributed by atoms with van der Waals surface area (Å²) in [4.78, 5) is 2.36. The van der Waals surface area contributed by atoms with E-state index >= 15 is 0 Å². The summed E-state index contributed by atoms with van der Waals surface area (Å²) in [5.41, 5.74) is 4.68. The lowest BCUT2D eigenvalue weighted by atomic mass is 9.98. The number of nitriles is 1. The van der Waals surface area contributed by atoms with Crippen LogP contribution in [0.1, 0.15) is 102 Å². The number of aliphatic hydroxyl groups is 1. The molecule has 0 bridgehead atoms. The third kappa shape index (κ3) is 16.5. The van der Waals surface area contributed by atoms with Crippen molar-refractivity contribution in [2.75, 3.05) is 27.2 Å². The summed E-state index contributed by atoms with van der Waals surface area (Å²) in [5, 5.41) is 17.8. The molecule has 0 aliphatic carbocycles. The van der Waals surface area contributed by atoms with E-state index in [2.05, 4.69) is 77.4 Å². The molecule has 5 heteroatoms. The van der Waals surface area contributed by atoms with Gasteiger partial charge in [0.05, 0.1) is 12.7 Å². The van der Waals surface area contributed by atoms with E-state index in [4.69, 9.17) is 15.1 Å². The Morgan fingerprint density at radius 1 is 1.07 bits per heavy atom. The minimum absolute atomic E-state index is 0.00548. The number of nitrogens with zero attached hydrogens (tertiary/aromatic N) is 2. The summed E-state index contributed by atoms with van der Waals surface area (Å²) in [5.74, 6) is 0.459. The first-order valence-electron chi connectivity index (χ1n) is 14.8. The van der Waals surface area contributed by atoms with Crippen molar-refractivity contribution in [2.45, 2.75) is 87.0 Å². The molecule has 228 valence electrons. The van der Waals surface area contributed by atoms with Gasteiger partial charge in [-0.1, -0.05) is 90.9 Å². The molecule has 0 fully saturated rings. The van der Waals surface area contributed by atoms with Crippen LogP contribution in [0.5, 0.6) is 0 Å². The van der Waals surface area contributed by atoms with Crippen LogP contribution in [0.25, 0.3) is 5.57 Å². The number of rotatable bonds is 11. The predicted molar refractivity (Wildman–Crippen MR) is 176 cm³/mol. The van der Waals surface area contributed by atoms with Crippen molar-refractivity contribution in [1.82, 2.24) is 4.90 Å². The van der Waals surface area contributed by atoms with Crippen LogP contribution in [0.4, 0.5) is 4.39 Å². The van der Waals surface area contributed by atoms with E-state index in [9.17, 15) is 4.39 Å². The molecule has 4 nitrogen and oxygen atoms in total. The molecular weight excluding hydrogens is 511 g/mol. The number of ether oxygens (including phenoxy) is 1. The molecule has 0 aromatic heterocycles. The van der Waals surface area contributed by atoms with Crippen LogP contribution in [0.15, 0.2) is 72.7 Å². The summed E-state index contributed by atoms with van der Waals surface area (Å²) in [6, 6.07) is 14.9. The summed E-state index contributed by atoms with van der Waals surface area (Å²) < 4.78 is 18.6. The van der Waals surface area contributed by atoms with Gasteiger partial charge in [-0.3, -0.25) is 0 Å². The fourth-order valence-electron chi connectivity index (χ4n) is 3.72. The summed E-state index contributed by atoms with van der Waals surface area (Å²) in [6.07, 6.45) is 6.99. The minimum Gasteiger partial charge on any atom is -0.512 e. The highest BCUT2D eigenvalue weighted by Crippen LogP contribution is 2.23. The van der Waals surface area contributed by atoms with E-state index in [0.29, 0.717) is 29.2 Å². The van der Waals surface area contributed by atoms with Gasteiger partial charge in [-0.15, -0.1) is 0 Å². The molecule has 2 rings (SSSR count). The Hall–Kier alpha value is -3.36. The molecule has 1 unspecified atom stereocenters. The van der Waals surface area contributed by atoms with Gasteiger partial charge in [0.2, 0.25) is 0 Å². The number of halogens is 1. The Kier molecular flexibility index (Phi) is 23.7. The lowest BCUT2D eigenvalue weighted by molar-refractivity contribution is 0.278. The Morgan fingerprint density at radius 2 is 1.63 bits per heavy atom. The zero-order valence-electron chi connectivity index (χ0n) is 27.4. The molecule has 0 heterocycles. The van der Waals surface area contributed by atoms with Crippen molar-refractivity contribution >= 4 is 5.57 Å². The second-order valence-electron chi connectivity index (χ2n) is 9.58. The van der Waals surface area contributed by atoms with E-state index in [-0.39, 0.29) is 5.56 Å². The molecule has 2 aromatic carbocycles. The zero-order chi connectivity index (χ0) is 31.8. The third-order valence-corrected chi connectivity index (χ3v) is 6.31. The second kappa shape index (κ2) is 24.4. The van der Waals surface area contributed by atoms with Crippen molar-refractivity contribution in [3.63, 3.8) is 0 Å². The van der Waals surface area contributed by atoms with Gasteiger partial charge in [0, 0.05) is 0 Å². The Bertz CT molecular complexity index is 1080. The Labute approximate surface area is 250 Å². The molecule has 2 aromatic rings. The molecule has 41 heavy (non-hydrogen) atoms. The highest BCUT2D eigenvalue weighted by Gasteiger charge is 2.08. The average Bonchev–Trinajstić information content (AvgIpc) is 2.99. The smallest absolute Gasteiger partial charge is 0.156 e.